The number of anilines is 2. The maximum Gasteiger partial charge on any atom is 0.471 e. The molecule has 6 unspecified atom stereocenters. The van der Waals surface area contributed by atoms with Crippen LogP contribution in [0.5, 0.6) is 0 Å². The number of aromatic nitrogens is 6. The van der Waals surface area contributed by atoms with Crippen molar-refractivity contribution in [3.8, 4) is 11.8 Å². The van der Waals surface area contributed by atoms with Gasteiger partial charge in [-0.2, -0.15) is 13.2 Å². The molecule has 6 atom stereocenters. The maximum absolute atomic E-state index is 12.2. The van der Waals surface area contributed by atoms with E-state index in [1.807, 2.05) is 10.8 Å². The van der Waals surface area contributed by atoms with Crippen molar-refractivity contribution in [1.29, 1.82) is 0 Å². The largest absolute Gasteiger partial charge is 0.471 e. The number of hydrogen-bond donors (Lipinski definition) is 7. The zero-order valence-corrected chi connectivity index (χ0v) is 26.3. The number of carbonyl (C=O) groups excluding carboxylic acids is 1. The Hall–Kier alpha value is -3.85. The highest BCUT2D eigenvalue weighted by Crippen LogP contribution is 2.35. The second-order valence-corrected chi connectivity index (χ2v) is 11.6. The van der Waals surface area contributed by atoms with Gasteiger partial charge in [-0.15, -0.1) is 0 Å². The molecule has 0 aliphatic carbocycles. The highest BCUT2D eigenvalue weighted by atomic mass is 127. The van der Waals surface area contributed by atoms with Gasteiger partial charge in [0.05, 0.1) is 48.3 Å². The maximum atomic E-state index is 12.2. The van der Waals surface area contributed by atoms with Crippen molar-refractivity contribution < 1.29 is 47.9 Å². The van der Waals surface area contributed by atoms with Crippen LogP contribution in [0.1, 0.15) is 30.9 Å². The summed E-state index contributed by atoms with van der Waals surface area (Å²) in [7, 11) is 0. The molecule has 4 aromatic rings. The third-order valence-electron chi connectivity index (χ3n) is 7.44. The minimum absolute atomic E-state index is 0.102. The standard InChI is InChI=1S/C16H16F3N5O4.C11H13IN4O3/c17-16(18,19)15(27)21-3-1-2-8-5-24(11-4-9(26)10(6-25)28-11)14-12(8)13(20)22-7-23-14;12-5-2-16(8-1-6(18)7(3-17)19-8)11-9(5)10(13)14-4-15-11/h5,7,9-11,25-26H,3-4,6H2,(H,21,27)(H2,20,22,23);2,4,6-8,17-18H,1,3H2,(H2,13,14,15). The van der Waals surface area contributed by atoms with Gasteiger partial charge in [-0.3, -0.25) is 4.79 Å². The third-order valence-corrected chi connectivity index (χ3v) is 8.26. The SMILES string of the molecule is Nc1ncnc2c1c(C#CCNC(=O)C(F)(F)F)cn2C1CC(O)C(CO)O1.Nc1ncnc2c1c(I)cn2C1CC(O)C(CO)O1. The summed E-state index contributed by atoms with van der Waals surface area (Å²) in [6.45, 7) is -1.09. The Morgan fingerprint density at radius 2 is 1.45 bits per heavy atom. The van der Waals surface area contributed by atoms with E-state index in [0.29, 0.717) is 34.5 Å². The smallest absolute Gasteiger partial charge is 0.394 e. The molecule has 252 valence electrons. The number of rotatable bonds is 5. The quantitative estimate of drug-likeness (QED) is 0.104. The molecule has 0 radical (unpaired) electrons. The van der Waals surface area contributed by atoms with E-state index >= 15 is 0 Å². The van der Waals surface area contributed by atoms with E-state index in [9.17, 15) is 33.3 Å². The van der Waals surface area contributed by atoms with Crippen LogP contribution in [0.2, 0.25) is 0 Å². The number of aliphatic hydroxyl groups is 4. The van der Waals surface area contributed by atoms with Gasteiger partial charge in [0.15, 0.2) is 0 Å². The van der Waals surface area contributed by atoms with Crippen molar-refractivity contribution in [3.05, 3.63) is 34.2 Å². The van der Waals surface area contributed by atoms with Crippen LogP contribution in [0.15, 0.2) is 25.0 Å². The molecule has 0 bridgehead atoms. The lowest BCUT2D eigenvalue weighted by molar-refractivity contribution is -0.173. The fourth-order valence-electron chi connectivity index (χ4n) is 5.17. The molecule has 2 fully saturated rings. The molecule has 2 aliphatic heterocycles. The molecule has 0 aromatic carbocycles. The Balaban J connectivity index is 0.000000198. The molecule has 16 nitrogen and oxygen atoms in total. The minimum Gasteiger partial charge on any atom is -0.394 e. The van der Waals surface area contributed by atoms with Crippen LogP contribution < -0.4 is 16.8 Å². The molecule has 2 saturated heterocycles. The zero-order chi connectivity index (χ0) is 34.0. The van der Waals surface area contributed by atoms with Gasteiger partial charge in [0.2, 0.25) is 0 Å². The van der Waals surface area contributed by atoms with Gasteiger partial charge in [-0.1, -0.05) is 11.8 Å². The summed E-state index contributed by atoms with van der Waals surface area (Å²) in [5.74, 6) is 3.49. The minimum atomic E-state index is -4.99. The molecular weight excluding hydrogens is 746 g/mol. The summed E-state index contributed by atoms with van der Waals surface area (Å²) >= 11 is 2.16. The summed E-state index contributed by atoms with van der Waals surface area (Å²) in [5.41, 5.74) is 13.1. The number of ether oxygens (including phenoxy) is 2. The number of nitrogens with one attached hydrogen (secondary N) is 1. The average Bonchev–Trinajstić information content (AvgIpc) is 3.78. The van der Waals surface area contributed by atoms with E-state index in [2.05, 4.69) is 54.4 Å². The first-order chi connectivity index (χ1) is 22.3. The zero-order valence-electron chi connectivity index (χ0n) is 24.2. The van der Waals surface area contributed by atoms with Crippen LogP contribution in [0.25, 0.3) is 22.1 Å². The van der Waals surface area contributed by atoms with Crippen molar-refractivity contribution in [2.45, 2.75) is 55.9 Å². The lowest BCUT2D eigenvalue weighted by atomic mass is 10.2. The van der Waals surface area contributed by atoms with Gasteiger partial charge in [0.25, 0.3) is 0 Å². The Morgan fingerprint density at radius 1 is 0.936 bits per heavy atom. The van der Waals surface area contributed by atoms with E-state index in [1.165, 1.54) is 18.9 Å². The summed E-state index contributed by atoms with van der Waals surface area (Å²) in [6.07, 6.45) is -2.24. The van der Waals surface area contributed by atoms with E-state index in [0.717, 1.165) is 8.96 Å². The number of nitrogens with two attached hydrogens (primary N) is 2. The Labute approximate surface area is 277 Å². The molecule has 9 N–H and O–H groups in total. The number of nitrogen functional groups attached to an aromatic ring is 2. The van der Waals surface area contributed by atoms with Crippen molar-refractivity contribution in [1.82, 2.24) is 34.4 Å². The molecule has 6 heterocycles. The van der Waals surface area contributed by atoms with E-state index < -0.39 is 49.3 Å². The lowest BCUT2D eigenvalue weighted by Crippen LogP contribution is -2.36. The van der Waals surface area contributed by atoms with Crippen molar-refractivity contribution in [2.24, 2.45) is 0 Å². The summed E-state index contributed by atoms with van der Waals surface area (Å²) in [6, 6.07) is 0. The number of alkyl halides is 3. The fraction of sp³-hybridized carbons (Fsp3) is 0.444. The van der Waals surface area contributed by atoms with Crippen molar-refractivity contribution in [2.75, 3.05) is 31.2 Å². The highest BCUT2D eigenvalue weighted by Gasteiger charge is 2.38. The molecule has 0 spiro atoms. The van der Waals surface area contributed by atoms with Gasteiger partial charge in [0, 0.05) is 28.8 Å². The number of carbonyl (C=O) groups is 1. The van der Waals surface area contributed by atoms with Gasteiger partial charge < -0.3 is 55.8 Å². The van der Waals surface area contributed by atoms with Crippen LogP contribution in [-0.4, -0.2) is 106 Å². The Morgan fingerprint density at radius 3 is 1.96 bits per heavy atom. The number of amides is 1. The first-order valence-corrected chi connectivity index (χ1v) is 15.0. The lowest BCUT2D eigenvalue weighted by Gasteiger charge is -2.14. The van der Waals surface area contributed by atoms with Crippen LogP contribution in [0.4, 0.5) is 24.8 Å². The Kier molecular flexibility index (Phi) is 10.3. The topological polar surface area (TPSA) is 242 Å². The summed E-state index contributed by atoms with van der Waals surface area (Å²) < 4.78 is 52.1. The van der Waals surface area contributed by atoms with Crippen LogP contribution >= 0.6 is 22.6 Å². The molecule has 2 aliphatic rings. The number of hydrogen-bond acceptors (Lipinski definition) is 13. The van der Waals surface area contributed by atoms with Gasteiger partial charge >= 0.3 is 12.1 Å². The average molecular weight is 775 g/mol. The van der Waals surface area contributed by atoms with Crippen molar-refractivity contribution in [3.63, 3.8) is 0 Å². The summed E-state index contributed by atoms with van der Waals surface area (Å²) in [5, 5.41) is 40.9. The Bertz CT molecular complexity index is 1830. The highest BCUT2D eigenvalue weighted by molar-refractivity contribution is 14.1. The van der Waals surface area contributed by atoms with E-state index in [-0.39, 0.29) is 31.7 Å². The van der Waals surface area contributed by atoms with E-state index in [1.54, 1.807) is 9.88 Å². The van der Waals surface area contributed by atoms with Crippen LogP contribution in [0, 0.1) is 15.4 Å². The molecule has 20 heteroatoms. The predicted molar refractivity (Wildman–Crippen MR) is 166 cm³/mol. The predicted octanol–water partition coefficient (Wildman–Crippen LogP) is -0.0570. The van der Waals surface area contributed by atoms with Gasteiger partial charge in [-0.25, -0.2) is 19.9 Å². The second-order valence-electron chi connectivity index (χ2n) is 10.5. The summed E-state index contributed by atoms with van der Waals surface area (Å²) in [4.78, 5) is 27.0. The van der Waals surface area contributed by atoms with Crippen LogP contribution in [0.3, 0.4) is 0 Å². The second kappa shape index (κ2) is 14.1. The normalized spacial score (nSPS) is 24.2. The third kappa shape index (κ3) is 7.20. The number of nitrogens with zero attached hydrogens (tertiary/aromatic N) is 6. The molecule has 0 saturated carbocycles. The van der Waals surface area contributed by atoms with E-state index in [4.69, 9.17) is 26.0 Å². The van der Waals surface area contributed by atoms with Gasteiger partial charge in [0.1, 0.15) is 60.2 Å². The fourth-order valence-corrected chi connectivity index (χ4v) is 5.99. The number of halogens is 4. The molecule has 6 rings (SSSR count). The number of aliphatic hydroxyl groups excluding tert-OH is 4. The number of fused-ring (bicyclic) bond motifs is 2. The first-order valence-electron chi connectivity index (χ1n) is 13.9. The first kappa shape index (κ1) is 34.5. The monoisotopic (exact) mass is 775 g/mol. The molecule has 1 amide bonds. The molecule has 47 heavy (non-hydrogen) atoms. The van der Waals surface area contributed by atoms with Crippen LogP contribution in [-0.2, 0) is 14.3 Å². The van der Waals surface area contributed by atoms with Crippen molar-refractivity contribution >= 4 is 62.2 Å². The van der Waals surface area contributed by atoms with Gasteiger partial charge in [-0.05, 0) is 22.6 Å². The molecule has 4 aromatic heterocycles. The molecular formula is C27H29F3IN9O7.